The number of carbonyl (C=O) groups excluding carboxylic acids is 2. The second-order valence-corrected chi connectivity index (χ2v) is 10.9. The van der Waals surface area contributed by atoms with Crippen molar-refractivity contribution in [2.75, 3.05) is 19.5 Å². The highest BCUT2D eigenvalue weighted by molar-refractivity contribution is 7.89. The van der Waals surface area contributed by atoms with E-state index in [1.54, 1.807) is 29.0 Å². The van der Waals surface area contributed by atoms with Crippen molar-refractivity contribution in [3.63, 3.8) is 0 Å². The largest absolute Gasteiger partial charge is 0.493 e. The Hall–Kier alpha value is -4.19. The standard InChI is InChI=1S/C27H26F2N2O7S/c1-39(34,35)31-27(33)17-4-5-18(25(29)10-17)14-37-22-7-19(6-21(28)11-22)20-8-23(36-13-16-2-3-16)12-24(9-20)38-15-26(30)32/h4-12,16H,2-3,13-15H2,1H3,(H2,30,32)(H,31,33). The van der Waals surface area contributed by atoms with Crippen molar-refractivity contribution < 1.29 is 41.0 Å². The van der Waals surface area contributed by atoms with Crippen molar-refractivity contribution >= 4 is 21.8 Å². The summed E-state index contributed by atoms with van der Waals surface area (Å²) < 4.78 is 70.3. The monoisotopic (exact) mass is 560 g/mol. The molecule has 0 radical (unpaired) electrons. The van der Waals surface area contributed by atoms with Gasteiger partial charge in [-0.2, -0.15) is 0 Å². The molecule has 2 amide bonds. The van der Waals surface area contributed by atoms with Crippen LogP contribution in [0.3, 0.4) is 0 Å². The molecule has 0 aliphatic heterocycles. The summed E-state index contributed by atoms with van der Waals surface area (Å²) in [7, 11) is -3.81. The topological polar surface area (TPSA) is 134 Å². The molecule has 0 saturated heterocycles. The number of primary amides is 1. The van der Waals surface area contributed by atoms with Crippen LogP contribution in [0.25, 0.3) is 11.1 Å². The predicted molar refractivity (Wildman–Crippen MR) is 138 cm³/mol. The fourth-order valence-corrected chi connectivity index (χ4v) is 4.02. The average molecular weight is 561 g/mol. The zero-order chi connectivity index (χ0) is 28.2. The molecule has 206 valence electrons. The number of ether oxygens (including phenoxy) is 3. The van der Waals surface area contributed by atoms with Gasteiger partial charge in [-0.05, 0) is 66.3 Å². The highest BCUT2D eigenvalue weighted by atomic mass is 32.2. The van der Waals surface area contributed by atoms with E-state index in [2.05, 4.69) is 0 Å². The van der Waals surface area contributed by atoms with Crippen molar-refractivity contribution in [2.24, 2.45) is 11.7 Å². The second-order valence-electron chi connectivity index (χ2n) is 9.18. The number of rotatable bonds is 12. The Morgan fingerprint density at radius 1 is 0.923 bits per heavy atom. The molecule has 0 heterocycles. The molecular weight excluding hydrogens is 534 g/mol. The van der Waals surface area contributed by atoms with Gasteiger partial charge in [0.25, 0.3) is 11.8 Å². The minimum absolute atomic E-state index is 0.0642. The molecule has 4 rings (SSSR count). The van der Waals surface area contributed by atoms with Crippen molar-refractivity contribution in [3.8, 4) is 28.4 Å². The molecule has 1 saturated carbocycles. The predicted octanol–water partition coefficient (Wildman–Crippen LogP) is 3.55. The van der Waals surface area contributed by atoms with E-state index in [1.165, 1.54) is 18.2 Å². The summed E-state index contributed by atoms with van der Waals surface area (Å²) in [6.45, 7) is -0.111. The molecule has 1 aliphatic rings. The molecule has 39 heavy (non-hydrogen) atoms. The van der Waals surface area contributed by atoms with Crippen molar-refractivity contribution in [3.05, 3.63) is 77.4 Å². The Labute approximate surface area is 223 Å². The Morgan fingerprint density at radius 2 is 1.56 bits per heavy atom. The molecule has 3 aromatic carbocycles. The van der Waals surface area contributed by atoms with Crippen LogP contribution < -0.4 is 24.7 Å². The number of carbonyl (C=O) groups is 2. The second kappa shape index (κ2) is 11.7. The number of hydrogen-bond acceptors (Lipinski definition) is 7. The molecule has 0 aromatic heterocycles. The molecule has 3 aromatic rings. The molecule has 0 unspecified atom stereocenters. The molecule has 1 aliphatic carbocycles. The number of amides is 2. The van der Waals surface area contributed by atoms with Crippen LogP contribution in [0.1, 0.15) is 28.8 Å². The summed E-state index contributed by atoms with van der Waals surface area (Å²) in [5.74, 6) is -1.66. The number of benzene rings is 3. The SMILES string of the molecule is CS(=O)(=O)NC(=O)c1ccc(COc2cc(F)cc(-c3cc(OCC(N)=O)cc(OCC4CC4)c3)c2)c(F)c1. The van der Waals surface area contributed by atoms with E-state index in [0.717, 1.165) is 31.2 Å². The van der Waals surface area contributed by atoms with Crippen molar-refractivity contribution in [2.45, 2.75) is 19.4 Å². The van der Waals surface area contributed by atoms with E-state index < -0.39 is 33.5 Å². The van der Waals surface area contributed by atoms with Gasteiger partial charge in [0.15, 0.2) is 6.61 Å². The van der Waals surface area contributed by atoms with Crippen LogP contribution in [0, 0.1) is 17.6 Å². The highest BCUT2D eigenvalue weighted by Crippen LogP contribution is 2.35. The molecule has 0 atom stereocenters. The molecular formula is C27H26F2N2O7S. The molecule has 12 heteroatoms. The summed E-state index contributed by atoms with van der Waals surface area (Å²) in [6, 6.07) is 12.3. The zero-order valence-electron chi connectivity index (χ0n) is 20.9. The zero-order valence-corrected chi connectivity index (χ0v) is 21.7. The van der Waals surface area contributed by atoms with Crippen molar-refractivity contribution in [1.82, 2.24) is 4.72 Å². The highest BCUT2D eigenvalue weighted by Gasteiger charge is 2.22. The van der Waals surface area contributed by atoms with Crippen LogP contribution in [0.2, 0.25) is 0 Å². The average Bonchev–Trinajstić information content (AvgIpc) is 3.69. The summed E-state index contributed by atoms with van der Waals surface area (Å²) in [4.78, 5) is 23.1. The van der Waals surface area contributed by atoms with Crippen LogP contribution in [-0.2, 0) is 21.4 Å². The number of halogens is 2. The molecule has 9 nitrogen and oxygen atoms in total. The first-order valence-corrected chi connectivity index (χ1v) is 13.8. The lowest BCUT2D eigenvalue weighted by atomic mass is 10.0. The molecule has 1 fully saturated rings. The van der Waals surface area contributed by atoms with Crippen LogP contribution in [0.4, 0.5) is 8.78 Å². The number of sulfonamides is 1. The lowest BCUT2D eigenvalue weighted by Gasteiger charge is -2.14. The van der Waals surface area contributed by atoms with E-state index in [1.807, 2.05) is 0 Å². The Bertz CT molecular complexity index is 1510. The van der Waals surface area contributed by atoms with Crippen LogP contribution in [0.15, 0.2) is 54.6 Å². The minimum atomic E-state index is -3.81. The Morgan fingerprint density at radius 3 is 2.18 bits per heavy atom. The van der Waals surface area contributed by atoms with Gasteiger partial charge in [-0.15, -0.1) is 0 Å². The Balaban J connectivity index is 1.52. The fourth-order valence-electron chi connectivity index (χ4n) is 3.56. The lowest BCUT2D eigenvalue weighted by molar-refractivity contribution is -0.119. The van der Waals surface area contributed by atoms with Gasteiger partial charge in [0.2, 0.25) is 10.0 Å². The number of hydrogen-bond donors (Lipinski definition) is 2. The van der Waals surface area contributed by atoms with Gasteiger partial charge < -0.3 is 19.9 Å². The summed E-state index contributed by atoms with van der Waals surface area (Å²) >= 11 is 0. The normalized spacial score (nSPS) is 13.0. The third kappa shape index (κ3) is 8.40. The van der Waals surface area contributed by atoms with Gasteiger partial charge in [0.1, 0.15) is 35.5 Å². The van der Waals surface area contributed by atoms with Gasteiger partial charge >= 0.3 is 0 Å². The van der Waals surface area contributed by atoms with E-state index >= 15 is 0 Å². The lowest BCUT2D eigenvalue weighted by Crippen LogP contribution is -2.29. The van der Waals surface area contributed by atoms with E-state index in [9.17, 15) is 26.8 Å². The maximum Gasteiger partial charge on any atom is 0.264 e. The van der Waals surface area contributed by atoms with Gasteiger partial charge in [-0.3, -0.25) is 9.59 Å². The van der Waals surface area contributed by atoms with Crippen molar-refractivity contribution in [1.29, 1.82) is 0 Å². The maximum atomic E-state index is 14.6. The smallest absolute Gasteiger partial charge is 0.264 e. The van der Waals surface area contributed by atoms with Crippen LogP contribution in [-0.4, -0.2) is 39.7 Å². The van der Waals surface area contributed by atoms with E-state index in [0.29, 0.717) is 35.2 Å². The molecule has 0 bridgehead atoms. The number of nitrogens with one attached hydrogen (secondary N) is 1. The first kappa shape index (κ1) is 27.8. The summed E-state index contributed by atoms with van der Waals surface area (Å²) in [5, 5.41) is 0. The minimum Gasteiger partial charge on any atom is -0.493 e. The fraction of sp³-hybridized carbons (Fsp3) is 0.259. The van der Waals surface area contributed by atoms with Crippen LogP contribution in [0.5, 0.6) is 17.2 Å². The Kier molecular flexibility index (Phi) is 8.34. The quantitative estimate of drug-likeness (QED) is 0.346. The third-order valence-corrected chi connectivity index (χ3v) is 6.19. The van der Waals surface area contributed by atoms with Gasteiger partial charge in [-0.25, -0.2) is 21.9 Å². The van der Waals surface area contributed by atoms with Gasteiger partial charge in [0, 0.05) is 23.3 Å². The first-order chi connectivity index (χ1) is 18.4. The first-order valence-electron chi connectivity index (χ1n) is 11.9. The van der Waals surface area contributed by atoms with E-state index in [-0.39, 0.29) is 30.1 Å². The molecule has 3 N–H and O–H groups in total. The third-order valence-electron chi connectivity index (χ3n) is 5.64. The summed E-state index contributed by atoms with van der Waals surface area (Å²) in [5.41, 5.74) is 6.00. The van der Waals surface area contributed by atoms with Gasteiger partial charge in [0.05, 0.1) is 12.9 Å². The van der Waals surface area contributed by atoms with E-state index in [4.69, 9.17) is 19.9 Å². The molecule has 0 spiro atoms. The van der Waals surface area contributed by atoms with Crippen LogP contribution >= 0.6 is 0 Å². The number of nitrogens with two attached hydrogens (primary N) is 1. The van der Waals surface area contributed by atoms with Gasteiger partial charge in [-0.1, -0.05) is 6.07 Å². The maximum absolute atomic E-state index is 14.6. The summed E-state index contributed by atoms with van der Waals surface area (Å²) in [6.07, 6.45) is 2.99.